The smallest absolute Gasteiger partial charge is 0.0987 e. The van der Waals surface area contributed by atoms with E-state index in [9.17, 15) is 0 Å². The van der Waals surface area contributed by atoms with Gasteiger partial charge in [-0.25, -0.2) is 4.98 Å². The van der Waals surface area contributed by atoms with E-state index >= 15 is 0 Å². The Hall–Kier alpha value is -0.710. The second kappa shape index (κ2) is 4.88. The number of hydrogen-bond acceptors (Lipinski definition) is 3. The molecule has 88 valence electrons. The van der Waals surface area contributed by atoms with Gasteiger partial charge in [0.2, 0.25) is 0 Å². The van der Waals surface area contributed by atoms with Crippen LogP contribution in [0.3, 0.4) is 0 Å². The Morgan fingerprint density at radius 1 is 1.29 bits per heavy atom. The van der Waals surface area contributed by atoms with Crippen molar-refractivity contribution < 1.29 is 4.74 Å². The Balaban J connectivity index is 1.86. The molecule has 0 spiro atoms. The lowest BCUT2D eigenvalue weighted by Gasteiger charge is -2.01. The third-order valence-corrected chi connectivity index (χ3v) is 4.48. The molecule has 0 bridgehead atoms. The molecule has 0 N–H and O–H groups in total. The molecule has 2 nitrogen and oxygen atoms in total. The topological polar surface area (TPSA) is 22.1 Å². The summed E-state index contributed by atoms with van der Waals surface area (Å²) < 4.78 is 6.50. The fourth-order valence-corrected chi connectivity index (χ4v) is 3.17. The highest BCUT2D eigenvalue weighted by atomic mass is 79.9. The number of aromatic nitrogens is 1. The Morgan fingerprint density at radius 3 is 2.82 bits per heavy atom. The molecule has 0 amide bonds. The Kier molecular flexibility index (Phi) is 3.27. The molecule has 3 rings (SSSR count). The van der Waals surface area contributed by atoms with Crippen molar-refractivity contribution in [2.24, 2.45) is 0 Å². The van der Waals surface area contributed by atoms with Crippen LogP contribution in [0.15, 0.2) is 34.1 Å². The van der Waals surface area contributed by atoms with Gasteiger partial charge in [0.15, 0.2) is 0 Å². The van der Waals surface area contributed by atoms with Crippen LogP contribution >= 0.6 is 27.3 Å². The summed E-state index contributed by atoms with van der Waals surface area (Å²) in [6.07, 6.45) is 1.10. The van der Waals surface area contributed by atoms with Crippen molar-refractivity contribution >= 4 is 27.3 Å². The summed E-state index contributed by atoms with van der Waals surface area (Å²) in [4.78, 5) is 4.72. The van der Waals surface area contributed by atoms with Crippen LogP contribution in [0.1, 0.15) is 17.3 Å². The van der Waals surface area contributed by atoms with Crippen molar-refractivity contribution in [1.82, 2.24) is 4.98 Å². The van der Waals surface area contributed by atoms with Crippen molar-refractivity contribution in [3.8, 4) is 11.3 Å². The van der Waals surface area contributed by atoms with Crippen LogP contribution in [-0.4, -0.2) is 18.2 Å². The van der Waals surface area contributed by atoms with E-state index in [0.717, 1.165) is 29.8 Å². The monoisotopic (exact) mass is 309 g/mol. The molecule has 0 radical (unpaired) electrons. The molecule has 0 aliphatic carbocycles. The van der Waals surface area contributed by atoms with Crippen LogP contribution < -0.4 is 0 Å². The van der Waals surface area contributed by atoms with Crippen molar-refractivity contribution in [3.05, 3.63) is 39.1 Å². The van der Waals surface area contributed by atoms with Gasteiger partial charge in [-0.1, -0.05) is 28.1 Å². The average molecular weight is 310 g/mol. The second-order valence-electron chi connectivity index (χ2n) is 4.14. The Morgan fingerprint density at radius 2 is 2.12 bits per heavy atom. The van der Waals surface area contributed by atoms with Gasteiger partial charge in [-0.05, 0) is 18.6 Å². The SMILES string of the molecule is Brc1ccc(-c2csc(C3CCOC3)n2)cc1. The summed E-state index contributed by atoms with van der Waals surface area (Å²) in [7, 11) is 0. The van der Waals surface area contributed by atoms with E-state index in [0.29, 0.717) is 5.92 Å². The standard InChI is InChI=1S/C13H12BrNOS/c14-11-3-1-9(2-4-11)12-8-17-13(15-12)10-5-6-16-7-10/h1-4,8,10H,5-7H2. The molecule has 1 aromatic carbocycles. The fraction of sp³-hybridized carbons (Fsp3) is 0.308. The van der Waals surface area contributed by atoms with E-state index in [1.165, 1.54) is 10.6 Å². The molecule has 4 heteroatoms. The maximum atomic E-state index is 5.40. The van der Waals surface area contributed by atoms with E-state index in [1.807, 2.05) is 12.1 Å². The fourth-order valence-electron chi connectivity index (χ4n) is 1.96. The molecule has 2 heterocycles. The van der Waals surface area contributed by atoms with Gasteiger partial charge >= 0.3 is 0 Å². The Labute approximate surface area is 113 Å². The lowest BCUT2D eigenvalue weighted by atomic mass is 10.1. The number of halogens is 1. The zero-order chi connectivity index (χ0) is 11.7. The molecule has 1 unspecified atom stereocenters. The van der Waals surface area contributed by atoms with Crippen LogP contribution in [0.4, 0.5) is 0 Å². The maximum Gasteiger partial charge on any atom is 0.0987 e. The molecule has 1 fully saturated rings. The number of benzene rings is 1. The first-order chi connectivity index (χ1) is 8.33. The molecule has 1 aliphatic heterocycles. The highest BCUT2D eigenvalue weighted by Gasteiger charge is 2.21. The zero-order valence-electron chi connectivity index (χ0n) is 9.23. The van der Waals surface area contributed by atoms with Crippen molar-refractivity contribution in [3.63, 3.8) is 0 Å². The molecule has 0 saturated carbocycles. The summed E-state index contributed by atoms with van der Waals surface area (Å²) in [5.41, 5.74) is 2.25. The first kappa shape index (κ1) is 11.4. The molecule has 1 aliphatic rings. The summed E-state index contributed by atoms with van der Waals surface area (Å²) in [6.45, 7) is 1.70. The summed E-state index contributed by atoms with van der Waals surface area (Å²) in [6, 6.07) is 8.28. The predicted octanol–water partition coefficient (Wildman–Crippen LogP) is 4.08. The molecule has 2 aromatic rings. The lowest BCUT2D eigenvalue weighted by molar-refractivity contribution is 0.194. The molecular formula is C13H12BrNOS. The van der Waals surface area contributed by atoms with Crippen LogP contribution in [0.5, 0.6) is 0 Å². The number of thiazole rings is 1. The van der Waals surface area contributed by atoms with Crippen molar-refractivity contribution in [1.29, 1.82) is 0 Å². The average Bonchev–Trinajstić information content (AvgIpc) is 3.00. The van der Waals surface area contributed by atoms with Crippen molar-refractivity contribution in [2.45, 2.75) is 12.3 Å². The first-order valence-corrected chi connectivity index (χ1v) is 7.29. The van der Waals surface area contributed by atoms with E-state index in [4.69, 9.17) is 9.72 Å². The summed E-state index contributed by atoms with van der Waals surface area (Å²) in [5, 5.41) is 3.34. The third kappa shape index (κ3) is 2.44. The number of hydrogen-bond donors (Lipinski definition) is 0. The quantitative estimate of drug-likeness (QED) is 0.834. The van der Waals surface area contributed by atoms with Gasteiger partial charge in [0, 0.05) is 27.9 Å². The van der Waals surface area contributed by atoms with Crippen LogP contribution in [0.2, 0.25) is 0 Å². The molecule has 17 heavy (non-hydrogen) atoms. The maximum absolute atomic E-state index is 5.40. The summed E-state index contributed by atoms with van der Waals surface area (Å²) in [5.74, 6) is 0.504. The number of ether oxygens (including phenoxy) is 1. The van der Waals surface area contributed by atoms with Gasteiger partial charge < -0.3 is 4.74 Å². The normalized spacial score (nSPS) is 19.7. The minimum atomic E-state index is 0.504. The van der Waals surface area contributed by atoms with Gasteiger partial charge in [0.05, 0.1) is 17.3 Å². The molecule has 1 aromatic heterocycles. The number of nitrogens with zero attached hydrogens (tertiary/aromatic N) is 1. The van der Waals surface area contributed by atoms with Gasteiger partial charge in [-0.2, -0.15) is 0 Å². The Bertz CT molecular complexity index is 502. The van der Waals surface area contributed by atoms with Gasteiger partial charge in [0.1, 0.15) is 0 Å². The zero-order valence-corrected chi connectivity index (χ0v) is 11.6. The second-order valence-corrected chi connectivity index (χ2v) is 5.94. The van der Waals surface area contributed by atoms with E-state index in [1.54, 1.807) is 11.3 Å². The lowest BCUT2D eigenvalue weighted by Crippen LogP contribution is -1.96. The van der Waals surface area contributed by atoms with E-state index in [-0.39, 0.29) is 0 Å². The first-order valence-electron chi connectivity index (χ1n) is 5.62. The minimum absolute atomic E-state index is 0.504. The van der Waals surface area contributed by atoms with Crippen molar-refractivity contribution in [2.75, 3.05) is 13.2 Å². The minimum Gasteiger partial charge on any atom is -0.381 e. The van der Waals surface area contributed by atoms with E-state index < -0.39 is 0 Å². The van der Waals surface area contributed by atoms with Crippen LogP contribution in [-0.2, 0) is 4.74 Å². The molecular weight excluding hydrogens is 298 g/mol. The number of rotatable bonds is 2. The third-order valence-electron chi connectivity index (χ3n) is 2.94. The van der Waals surface area contributed by atoms with Gasteiger partial charge in [0.25, 0.3) is 0 Å². The largest absolute Gasteiger partial charge is 0.381 e. The molecule has 1 saturated heterocycles. The highest BCUT2D eigenvalue weighted by molar-refractivity contribution is 9.10. The predicted molar refractivity (Wildman–Crippen MR) is 73.4 cm³/mol. The van der Waals surface area contributed by atoms with Crippen LogP contribution in [0.25, 0.3) is 11.3 Å². The van der Waals surface area contributed by atoms with Crippen LogP contribution in [0, 0.1) is 0 Å². The van der Waals surface area contributed by atoms with Gasteiger partial charge in [-0.3, -0.25) is 0 Å². The molecule has 1 atom stereocenters. The highest BCUT2D eigenvalue weighted by Crippen LogP contribution is 2.31. The van der Waals surface area contributed by atoms with Gasteiger partial charge in [-0.15, -0.1) is 11.3 Å². The summed E-state index contributed by atoms with van der Waals surface area (Å²) >= 11 is 5.19. The van der Waals surface area contributed by atoms with E-state index in [2.05, 4.69) is 33.4 Å².